The van der Waals surface area contributed by atoms with E-state index in [0.717, 1.165) is 19.7 Å². The topological polar surface area (TPSA) is 41.6 Å². The zero-order valence-electron chi connectivity index (χ0n) is 11.5. The summed E-state index contributed by atoms with van der Waals surface area (Å²) in [5.41, 5.74) is 1.17. The number of benzene rings is 1. The lowest BCUT2D eigenvalue weighted by atomic mass is 10.1. The van der Waals surface area contributed by atoms with Crippen LogP contribution in [-0.2, 0) is 16.1 Å². The van der Waals surface area contributed by atoms with E-state index in [1.807, 2.05) is 30.0 Å². The van der Waals surface area contributed by atoms with E-state index in [2.05, 4.69) is 17.4 Å². The second-order valence-corrected chi connectivity index (χ2v) is 4.82. The molecule has 1 aliphatic rings. The van der Waals surface area contributed by atoms with Crippen LogP contribution in [0.2, 0.25) is 0 Å². The SMILES string of the molecule is CCN(Cc1ccccc1)C(=O)CC1COCCN1. The molecule has 2 rings (SSSR count). The van der Waals surface area contributed by atoms with Gasteiger partial charge in [0, 0.05) is 32.1 Å². The summed E-state index contributed by atoms with van der Waals surface area (Å²) in [6.45, 7) is 5.65. The highest BCUT2D eigenvalue weighted by Crippen LogP contribution is 2.08. The molecule has 1 atom stereocenters. The normalized spacial score (nSPS) is 19.1. The maximum atomic E-state index is 12.3. The third-order valence-electron chi connectivity index (χ3n) is 3.37. The van der Waals surface area contributed by atoms with Gasteiger partial charge in [0.1, 0.15) is 0 Å². The summed E-state index contributed by atoms with van der Waals surface area (Å²) in [6.07, 6.45) is 0.515. The summed E-state index contributed by atoms with van der Waals surface area (Å²) >= 11 is 0. The summed E-state index contributed by atoms with van der Waals surface area (Å²) < 4.78 is 5.38. The third-order valence-corrected chi connectivity index (χ3v) is 3.37. The van der Waals surface area contributed by atoms with Gasteiger partial charge in [0.05, 0.1) is 13.2 Å². The van der Waals surface area contributed by atoms with Crippen LogP contribution in [0.15, 0.2) is 30.3 Å². The third kappa shape index (κ3) is 4.33. The van der Waals surface area contributed by atoms with Gasteiger partial charge in [-0.3, -0.25) is 4.79 Å². The van der Waals surface area contributed by atoms with Crippen molar-refractivity contribution in [2.45, 2.75) is 25.9 Å². The Bertz CT molecular complexity index is 388. The number of rotatable bonds is 5. The van der Waals surface area contributed by atoms with Gasteiger partial charge < -0.3 is 15.0 Å². The summed E-state index contributed by atoms with van der Waals surface area (Å²) in [7, 11) is 0. The molecule has 1 fully saturated rings. The van der Waals surface area contributed by atoms with Gasteiger partial charge in [0.25, 0.3) is 0 Å². The first-order chi connectivity index (χ1) is 9.29. The van der Waals surface area contributed by atoms with Crippen LogP contribution >= 0.6 is 0 Å². The van der Waals surface area contributed by atoms with Gasteiger partial charge in [-0.05, 0) is 12.5 Å². The van der Waals surface area contributed by atoms with Gasteiger partial charge in [-0.1, -0.05) is 30.3 Å². The van der Waals surface area contributed by atoms with Crippen molar-refractivity contribution in [1.29, 1.82) is 0 Å². The Morgan fingerprint density at radius 1 is 1.42 bits per heavy atom. The molecule has 4 nitrogen and oxygen atoms in total. The van der Waals surface area contributed by atoms with Crippen LogP contribution < -0.4 is 5.32 Å². The Hall–Kier alpha value is -1.39. The molecule has 0 aromatic heterocycles. The van der Waals surface area contributed by atoms with Crippen LogP contribution in [0.1, 0.15) is 18.9 Å². The van der Waals surface area contributed by atoms with E-state index < -0.39 is 0 Å². The lowest BCUT2D eigenvalue weighted by Crippen LogP contribution is -2.45. The molecule has 104 valence electrons. The molecule has 19 heavy (non-hydrogen) atoms. The molecule has 0 spiro atoms. The van der Waals surface area contributed by atoms with Crippen LogP contribution in [0.5, 0.6) is 0 Å². The van der Waals surface area contributed by atoms with E-state index in [4.69, 9.17) is 4.74 Å². The van der Waals surface area contributed by atoms with Crippen LogP contribution in [0.4, 0.5) is 0 Å². The summed E-state index contributed by atoms with van der Waals surface area (Å²) in [5, 5.41) is 3.32. The second kappa shape index (κ2) is 7.26. The fraction of sp³-hybridized carbons (Fsp3) is 0.533. The monoisotopic (exact) mass is 262 g/mol. The molecule has 1 aliphatic heterocycles. The number of nitrogens with one attached hydrogen (secondary N) is 1. The smallest absolute Gasteiger partial charge is 0.224 e. The summed E-state index contributed by atoms with van der Waals surface area (Å²) in [5.74, 6) is 0.189. The van der Waals surface area contributed by atoms with E-state index in [-0.39, 0.29) is 11.9 Å². The molecule has 1 heterocycles. The Kier molecular flexibility index (Phi) is 5.36. The van der Waals surface area contributed by atoms with Gasteiger partial charge in [-0.25, -0.2) is 0 Å². The highest BCUT2D eigenvalue weighted by molar-refractivity contribution is 5.76. The molecule has 1 aromatic carbocycles. The van der Waals surface area contributed by atoms with Crippen molar-refractivity contribution in [1.82, 2.24) is 10.2 Å². The predicted molar refractivity (Wildman–Crippen MR) is 74.8 cm³/mol. The van der Waals surface area contributed by atoms with Crippen LogP contribution in [0, 0.1) is 0 Å². The Morgan fingerprint density at radius 2 is 2.21 bits per heavy atom. The zero-order valence-corrected chi connectivity index (χ0v) is 11.5. The first-order valence-corrected chi connectivity index (χ1v) is 6.92. The van der Waals surface area contributed by atoms with Crippen LogP contribution in [0.25, 0.3) is 0 Å². The Morgan fingerprint density at radius 3 is 2.84 bits per heavy atom. The molecule has 0 saturated carbocycles. The van der Waals surface area contributed by atoms with Gasteiger partial charge in [-0.2, -0.15) is 0 Å². The van der Waals surface area contributed by atoms with Crippen molar-refractivity contribution in [3.63, 3.8) is 0 Å². The van der Waals surface area contributed by atoms with Crippen LogP contribution in [0.3, 0.4) is 0 Å². The molecule has 1 N–H and O–H groups in total. The standard InChI is InChI=1S/C15H22N2O2/c1-2-17(11-13-6-4-3-5-7-13)15(18)10-14-12-19-9-8-16-14/h3-7,14,16H,2,8-12H2,1H3. The van der Waals surface area contributed by atoms with Crippen molar-refractivity contribution in [2.75, 3.05) is 26.3 Å². The van der Waals surface area contributed by atoms with Crippen molar-refractivity contribution < 1.29 is 9.53 Å². The van der Waals surface area contributed by atoms with E-state index >= 15 is 0 Å². The molecule has 1 amide bonds. The number of morpholine rings is 1. The summed E-state index contributed by atoms with van der Waals surface area (Å²) in [6, 6.07) is 10.3. The minimum absolute atomic E-state index is 0.158. The molecular weight excluding hydrogens is 240 g/mol. The fourth-order valence-electron chi connectivity index (χ4n) is 2.27. The highest BCUT2D eigenvalue weighted by atomic mass is 16.5. The van der Waals surface area contributed by atoms with Crippen LogP contribution in [-0.4, -0.2) is 43.2 Å². The van der Waals surface area contributed by atoms with E-state index in [1.54, 1.807) is 0 Å². The van der Waals surface area contributed by atoms with Crippen molar-refractivity contribution in [3.05, 3.63) is 35.9 Å². The van der Waals surface area contributed by atoms with Gasteiger partial charge in [0.15, 0.2) is 0 Å². The van der Waals surface area contributed by atoms with Crippen molar-refractivity contribution in [2.24, 2.45) is 0 Å². The molecule has 1 saturated heterocycles. The minimum Gasteiger partial charge on any atom is -0.378 e. The number of amides is 1. The Labute approximate surface area is 114 Å². The van der Waals surface area contributed by atoms with Gasteiger partial charge >= 0.3 is 0 Å². The van der Waals surface area contributed by atoms with Gasteiger partial charge in [-0.15, -0.1) is 0 Å². The first-order valence-electron chi connectivity index (χ1n) is 6.92. The maximum Gasteiger partial charge on any atom is 0.224 e. The number of carbonyl (C=O) groups excluding carboxylic acids is 1. The van der Waals surface area contributed by atoms with Gasteiger partial charge in [0.2, 0.25) is 5.91 Å². The highest BCUT2D eigenvalue weighted by Gasteiger charge is 2.20. The number of ether oxygens (including phenoxy) is 1. The lowest BCUT2D eigenvalue weighted by molar-refractivity contribution is -0.132. The molecule has 0 bridgehead atoms. The average Bonchev–Trinajstić information content (AvgIpc) is 2.47. The Balaban J connectivity index is 1.87. The number of hydrogen-bond donors (Lipinski definition) is 1. The minimum atomic E-state index is 0.158. The predicted octanol–water partition coefficient (Wildman–Crippen LogP) is 1.41. The molecular formula is C15H22N2O2. The first kappa shape index (κ1) is 14.0. The van der Waals surface area contributed by atoms with Crippen molar-refractivity contribution >= 4 is 5.91 Å². The average molecular weight is 262 g/mol. The van der Waals surface area contributed by atoms with E-state index in [1.165, 1.54) is 5.56 Å². The fourth-order valence-corrected chi connectivity index (χ4v) is 2.27. The molecule has 4 heteroatoms. The molecule has 0 radical (unpaired) electrons. The number of nitrogens with zero attached hydrogens (tertiary/aromatic N) is 1. The quantitative estimate of drug-likeness (QED) is 0.872. The number of hydrogen-bond acceptors (Lipinski definition) is 3. The van der Waals surface area contributed by atoms with E-state index in [9.17, 15) is 4.79 Å². The zero-order chi connectivity index (χ0) is 13.5. The second-order valence-electron chi connectivity index (χ2n) is 4.82. The molecule has 0 aliphatic carbocycles. The number of carbonyl (C=O) groups is 1. The maximum absolute atomic E-state index is 12.3. The molecule has 1 unspecified atom stereocenters. The van der Waals surface area contributed by atoms with Crippen molar-refractivity contribution in [3.8, 4) is 0 Å². The molecule has 1 aromatic rings. The summed E-state index contributed by atoms with van der Waals surface area (Å²) in [4.78, 5) is 14.2. The lowest BCUT2D eigenvalue weighted by Gasteiger charge is -2.27. The largest absolute Gasteiger partial charge is 0.378 e. The van der Waals surface area contributed by atoms with E-state index in [0.29, 0.717) is 19.6 Å².